The molecule has 0 saturated carbocycles. The maximum atomic E-state index is 11.5. The fourth-order valence-corrected chi connectivity index (χ4v) is 1.05. The first kappa shape index (κ1) is 11.0. The van der Waals surface area contributed by atoms with Crippen LogP contribution in [0.3, 0.4) is 0 Å². The lowest BCUT2D eigenvalue weighted by atomic mass is 10.3. The topological polar surface area (TPSA) is 84.2 Å². The summed E-state index contributed by atoms with van der Waals surface area (Å²) >= 11 is 0. The van der Waals surface area contributed by atoms with Crippen molar-refractivity contribution >= 4 is 17.6 Å². The molecule has 5 heteroatoms. The van der Waals surface area contributed by atoms with Crippen LogP contribution in [0, 0.1) is 0 Å². The van der Waals surface area contributed by atoms with Gasteiger partial charge >= 0.3 is 6.03 Å². The number of carbonyl (C=O) groups is 2. The number of hydrogen-bond acceptors (Lipinski definition) is 2. The molecule has 3 amide bonds. The molecule has 0 radical (unpaired) electrons. The van der Waals surface area contributed by atoms with Gasteiger partial charge in [0.1, 0.15) is 6.04 Å². The highest BCUT2D eigenvalue weighted by Crippen LogP contribution is 2.05. The third-order valence-electron chi connectivity index (χ3n) is 1.79. The van der Waals surface area contributed by atoms with Crippen LogP contribution in [0.25, 0.3) is 0 Å². The van der Waals surface area contributed by atoms with Crippen LogP contribution in [0.15, 0.2) is 30.3 Å². The zero-order chi connectivity index (χ0) is 11.3. The highest BCUT2D eigenvalue weighted by Gasteiger charge is 2.13. The number of hydrogen-bond donors (Lipinski definition) is 3. The molecule has 0 aromatic heterocycles. The van der Waals surface area contributed by atoms with Crippen molar-refractivity contribution in [2.75, 3.05) is 5.32 Å². The molecule has 1 atom stereocenters. The van der Waals surface area contributed by atoms with Crippen molar-refractivity contribution in [3.05, 3.63) is 30.3 Å². The fraction of sp³-hybridized carbons (Fsp3) is 0.200. The number of nitrogens with two attached hydrogens (primary N) is 1. The number of urea groups is 1. The molecule has 4 N–H and O–H groups in total. The van der Waals surface area contributed by atoms with Crippen LogP contribution in [-0.4, -0.2) is 18.0 Å². The van der Waals surface area contributed by atoms with Crippen LogP contribution in [0.4, 0.5) is 10.5 Å². The lowest BCUT2D eigenvalue weighted by Crippen LogP contribution is -2.44. The molecule has 0 fully saturated rings. The third kappa shape index (κ3) is 3.68. The summed E-state index contributed by atoms with van der Waals surface area (Å²) < 4.78 is 0. The summed E-state index contributed by atoms with van der Waals surface area (Å²) in [6.45, 7) is 1.56. The van der Waals surface area contributed by atoms with Crippen molar-refractivity contribution in [2.45, 2.75) is 13.0 Å². The minimum atomic E-state index is -0.717. The van der Waals surface area contributed by atoms with E-state index in [9.17, 15) is 9.59 Å². The zero-order valence-corrected chi connectivity index (χ0v) is 8.36. The maximum absolute atomic E-state index is 11.5. The minimum absolute atomic E-state index is 0.306. The highest BCUT2D eigenvalue weighted by molar-refractivity contribution is 5.96. The summed E-state index contributed by atoms with van der Waals surface area (Å²) in [7, 11) is 0. The number of para-hydroxylation sites is 1. The van der Waals surface area contributed by atoms with E-state index in [4.69, 9.17) is 5.73 Å². The lowest BCUT2D eigenvalue weighted by Gasteiger charge is -2.12. The molecule has 0 bridgehead atoms. The van der Waals surface area contributed by atoms with Gasteiger partial charge in [0.05, 0.1) is 0 Å². The van der Waals surface area contributed by atoms with E-state index in [0.717, 1.165) is 0 Å². The van der Waals surface area contributed by atoms with E-state index in [1.165, 1.54) is 0 Å². The molecule has 5 nitrogen and oxygen atoms in total. The summed E-state index contributed by atoms with van der Waals surface area (Å²) in [6, 6.07) is 7.61. The van der Waals surface area contributed by atoms with E-state index in [-0.39, 0.29) is 5.91 Å². The quantitative estimate of drug-likeness (QED) is 0.681. The van der Waals surface area contributed by atoms with Crippen molar-refractivity contribution in [3.63, 3.8) is 0 Å². The molecule has 0 aliphatic rings. The molecule has 0 unspecified atom stereocenters. The summed E-state index contributed by atoms with van der Waals surface area (Å²) in [5.41, 5.74) is 5.58. The van der Waals surface area contributed by atoms with Gasteiger partial charge in [-0.1, -0.05) is 18.2 Å². The molecule has 80 valence electrons. The molecule has 15 heavy (non-hydrogen) atoms. The summed E-state index contributed by atoms with van der Waals surface area (Å²) in [4.78, 5) is 22.0. The third-order valence-corrected chi connectivity index (χ3v) is 1.79. The Balaban J connectivity index is 2.52. The summed E-state index contributed by atoms with van der Waals surface area (Å²) in [6.07, 6.45) is 0. The van der Waals surface area contributed by atoms with Crippen LogP contribution >= 0.6 is 0 Å². The number of carbonyl (C=O) groups excluding carboxylic acids is 2. The number of amides is 3. The van der Waals surface area contributed by atoms with Crippen molar-refractivity contribution < 1.29 is 9.59 Å². The smallest absolute Gasteiger partial charge is 0.312 e. The Kier molecular flexibility index (Phi) is 3.68. The van der Waals surface area contributed by atoms with Crippen molar-refractivity contribution in [1.29, 1.82) is 0 Å². The first-order valence-corrected chi connectivity index (χ1v) is 4.51. The predicted molar refractivity (Wildman–Crippen MR) is 57.3 cm³/mol. The van der Waals surface area contributed by atoms with Crippen LogP contribution < -0.4 is 16.4 Å². The van der Waals surface area contributed by atoms with Gasteiger partial charge in [-0.15, -0.1) is 0 Å². The van der Waals surface area contributed by atoms with E-state index in [1.807, 2.05) is 18.2 Å². The molecule has 0 aliphatic heterocycles. The Labute approximate surface area is 87.7 Å². The maximum Gasteiger partial charge on any atom is 0.312 e. The second-order valence-electron chi connectivity index (χ2n) is 3.09. The largest absolute Gasteiger partial charge is 0.352 e. The van der Waals surface area contributed by atoms with Gasteiger partial charge in [-0.2, -0.15) is 0 Å². The van der Waals surface area contributed by atoms with E-state index in [0.29, 0.717) is 5.69 Å². The Morgan fingerprint density at radius 1 is 1.27 bits per heavy atom. The average molecular weight is 207 g/mol. The molecular weight excluding hydrogens is 194 g/mol. The molecule has 0 spiro atoms. The Morgan fingerprint density at radius 2 is 1.87 bits per heavy atom. The Bertz CT molecular complexity index is 351. The second kappa shape index (κ2) is 4.99. The molecule has 1 aromatic carbocycles. The first-order chi connectivity index (χ1) is 7.09. The van der Waals surface area contributed by atoms with Gasteiger partial charge in [0, 0.05) is 5.69 Å². The van der Waals surface area contributed by atoms with E-state index < -0.39 is 12.1 Å². The summed E-state index contributed by atoms with van der Waals surface area (Å²) in [5, 5.41) is 4.93. The first-order valence-electron chi connectivity index (χ1n) is 4.51. The lowest BCUT2D eigenvalue weighted by molar-refractivity contribution is -0.117. The van der Waals surface area contributed by atoms with Crippen LogP contribution in [0.2, 0.25) is 0 Å². The Hall–Kier alpha value is -2.04. The van der Waals surface area contributed by atoms with Crippen molar-refractivity contribution in [3.8, 4) is 0 Å². The van der Waals surface area contributed by atoms with Gasteiger partial charge < -0.3 is 16.4 Å². The molecule has 1 aromatic rings. The van der Waals surface area contributed by atoms with E-state index >= 15 is 0 Å². The standard InChI is InChI=1S/C10H13N3O2/c1-7(12-10(11)15)9(14)13-8-5-3-2-4-6-8/h2-7H,1H3,(H,13,14)(H3,11,12,15)/t7-/m1/s1. The van der Waals surface area contributed by atoms with Crippen LogP contribution in [0.5, 0.6) is 0 Å². The normalized spacial score (nSPS) is 11.5. The zero-order valence-electron chi connectivity index (χ0n) is 8.36. The number of primary amides is 1. The Morgan fingerprint density at radius 3 is 2.40 bits per heavy atom. The molecular formula is C10H13N3O2. The molecule has 0 aliphatic carbocycles. The van der Waals surface area contributed by atoms with Crippen molar-refractivity contribution in [2.24, 2.45) is 5.73 Å². The number of nitrogens with one attached hydrogen (secondary N) is 2. The van der Waals surface area contributed by atoms with Gasteiger partial charge in [0.25, 0.3) is 0 Å². The van der Waals surface area contributed by atoms with Gasteiger partial charge in [0.2, 0.25) is 5.91 Å². The van der Waals surface area contributed by atoms with Gasteiger partial charge in [0.15, 0.2) is 0 Å². The van der Waals surface area contributed by atoms with Gasteiger partial charge in [-0.3, -0.25) is 4.79 Å². The van der Waals surface area contributed by atoms with Gasteiger partial charge in [-0.05, 0) is 19.1 Å². The minimum Gasteiger partial charge on any atom is -0.352 e. The second-order valence-corrected chi connectivity index (χ2v) is 3.09. The van der Waals surface area contributed by atoms with Gasteiger partial charge in [-0.25, -0.2) is 4.79 Å². The average Bonchev–Trinajstić information content (AvgIpc) is 2.18. The van der Waals surface area contributed by atoms with Crippen LogP contribution in [0.1, 0.15) is 6.92 Å². The number of anilines is 1. The molecule has 0 saturated heterocycles. The SMILES string of the molecule is C[C@@H](NC(N)=O)C(=O)Nc1ccccc1. The van der Waals surface area contributed by atoms with Crippen molar-refractivity contribution in [1.82, 2.24) is 5.32 Å². The monoisotopic (exact) mass is 207 g/mol. The predicted octanol–water partition coefficient (Wildman–Crippen LogP) is 0.682. The van der Waals surface area contributed by atoms with E-state index in [2.05, 4.69) is 10.6 Å². The molecule has 0 heterocycles. The fourth-order valence-electron chi connectivity index (χ4n) is 1.05. The number of rotatable bonds is 3. The summed E-state index contributed by atoms with van der Waals surface area (Å²) in [5.74, 6) is -0.306. The van der Waals surface area contributed by atoms with E-state index in [1.54, 1.807) is 19.1 Å². The number of benzene rings is 1. The van der Waals surface area contributed by atoms with Crippen LogP contribution in [-0.2, 0) is 4.79 Å². The molecule has 1 rings (SSSR count). The highest BCUT2D eigenvalue weighted by atomic mass is 16.2.